The van der Waals surface area contributed by atoms with E-state index in [0.717, 1.165) is 23.7 Å². The van der Waals surface area contributed by atoms with E-state index in [-0.39, 0.29) is 5.54 Å². The molecule has 1 aliphatic heterocycles. The third-order valence-corrected chi connectivity index (χ3v) is 4.57. The van der Waals surface area contributed by atoms with Crippen LogP contribution in [0.5, 0.6) is 5.75 Å². The molecule has 2 nitrogen and oxygen atoms in total. The summed E-state index contributed by atoms with van der Waals surface area (Å²) in [5, 5.41) is 4.61. The summed E-state index contributed by atoms with van der Waals surface area (Å²) in [6.07, 6.45) is 8.61. The van der Waals surface area contributed by atoms with Crippen LogP contribution < -0.4 is 10.1 Å². The van der Waals surface area contributed by atoms with Crippen LogP contribution >= 0.6 is 11.6 Å². The van der Waals surface area contributed by atoms with Crippen LogP contribution in [0.1, 0.15) is 51.0 Å². The predicted molar refractivity (Wildman–Crippen MR) is 85.8 cm³/mol. The van der Waals surface area contributed by atoms with E-state index in [1.54, 1.807) is 7.11 Å². The molecule has 1 aromatic carbocycles. The molecule has 3 heteroatoms. The summed E-state index contributed by atoms with van der Waals surface area (Å²) < 4.78 is 5.51. The van der Waals surface area contributed by atoms with E-state index in [4.69, 9.17) is 16.3 Å². The van der Waals surface area contributed by atoms with Crippen molar-refractivity contribution in [3.8, 4) is 5.75 Å². The van der Waals surface area contributed by atoms with Crippen molar-refractivity contribution in [2.45, 2.75) is 57.4 Å². The van der Waals surface area contributed by atoms with E-state index in [9.17, 15) is 0 Å². The van der Waals surface area contributed by atoms with E-state index in [1.807, 2.05) is 12.1 Å². The fourth-order valence-corrected chi connectivity index (χ4v) is 3.58. The van der Waals surface area contributed by atoms with Gasteiger partial charge in [-0.15, -0.1) is 0 Å². The number of benzene rings is 1. The lowest BCUT2D eigenvalue weighted by Gasteiger charge is -2.34. The highest BCUT2D eigenvalue weighted by Gasteiger charge is 2.30. The Morgan fingerprint density at radius 3 is 2.90 bits per heavy atom. The van der Waals surface area contributed by atoms with Gasteiger partial charge in [0.05, 0.1) is 7.11 Å². The molecular weight excluding hydrogens is 270 g/mol. The van der Waals surface area contributed by atoms with Gasteiger partial charge in [-0.1, -0.05) is 37.8 Å². The lowest BCUT2D eigenvalue weighted by molar-refractivity contribution is 0.284. The normalized spacial score (nSPS) is 23.4. The minimum atomic E-state index is 0.212. The minimum absolute atomic E-state index is 0.212. The molecule has 1 unspecified atom stereocenters. The second-order valence-corrected chi connectivity index (χ2v) is 6.34. The summed E-state index contributed by atoms with van der Waals surface area (Å²) in [6.45, 7) is 3.40. The summed E-state index contributed by atoms with van der Waals surface area (Å²) in [5.74, 6) is 0.955. The first-order valence-electron chi connectivity index (χ1n) is 7.76. The molecule has 1 saturated heterocycles. The first kappa shape index (κ1) is 15.7. The average molecular weight is 296 g/mol. The van der Waals surface area contributed by atoms with Crippen molar-refractivity contribution in [1.82, 2.24) is 5.32 Å². The van der Waals surface area contributed by atoms with Crippen LogP contribution in [0.4, 0.5) is 0 Å². The molecule has 2 rings (SSSR count). The number of hydrogen-bond acceptors (Lipinski definition) is 2. The van der Waals surface area contributed by atoms with Crippen LogP contribution in [0.3, 0.4) is 0 Å². The number of rotatable bonds is 5. The van der Waals surface area contributed by atoms with Crippen molar-refractivity contribution in [3.05, 3.63) is 28.8 Å². The van der Waals surface area contributed by atoms with E-state index in [0.29, 0.717) is 0 Å². The molecular formula is C17H26ClNO. The molecule has 1 N–H and O–H groups in total. The lowest BCUT2D eigenvalue weighted by atomic mass is 9.82. The van der Waals surface area contributed by atoms with Gasteiger partial charge in [0, 0.05) is 10.6 Å². The third kappa shape index (κ3) is 3.89. The minimum Gasteiger partial charge on any atom is -0.496 e. The molecule has 1 heterocycles. The number of ether oxygens (including phenoxy) is 1. The Hall–Kier alpha value is -0.730. The highest BCUT2D eigenvalue weighted by Crippen LogP contribution is 2.32. The van der Waals surface area contributed by atoms with Gasteiger partial charge in [-0.3, -0.25) is 0 Å². The van der Waals surface area contributed by atoms with Gasteiger partial charge in [0.25, 0.3) is 0 Å². The summed E-state index contributed by atoms with van der Waals surface area (Å²) in [4.78, 5) is 0. The number of nitrogens with one attached hydrogen (secondary N) is 1. The summed E-state index contributed by atoms with van der Waals surface area (Å²) in [7, 11) is 1.74. The fraction of sp³-hybridized carbons (Fsp3) is 0.647. The Kier molecular flexibility index (Phi) is 5.74. The molecule has 1 fully saturated rings. The van der Waals surface area contributed by atoms with Gasteiger partial charge in [-0.25, -0.2) is 0 Å². The highest BCUT2D eigenvalue weighted by atomic mass is 35.5. The Labute approximate surface area is 127 Å². The Morgan fingerprint density at radius 1 is 1.30 bits per heavy atom. The smallest absolute Gasteiger partial charge is 0.122 e. The third-order valence-electron chi connectivity index (χ3n) is 4.33. The maximum absolute atomic E-state index is 6.17. The van der Waals surface area contributed by atoms with Crippen LogP contribution in [-0.2, 0) is 6.42 Å². The lowest BCUT2D eigenvalue weighted by Crippen LogP contribution is -2.46. The number of hydrogen-bond donors (Lipinski definition) is 1. The van der Waals surface area contributed by atoms with Gasteiger partial charge >= 0.3 is 0 Å². The SMILES string of the molecule is CCCC1(Cc2cc(Cl)ccc2OC)CCCCCN1. The van der Waals surface area contributed by atoms with E-state index in [1.165, 1.54) is 44.1 Å². The first-order chi connectivity index (χ1) is 9.69. The van der Waals surface area contributed by atoms with E-state index >= 15 is 0 Å². The second-order valence-electron chi connectivity index (χ2n) is 5.90. The highest BCUT2D eigenvalue weighted by molar-refractivity contribution is 6.30. The number of halogens is 1. The van der Waals surface area contributed by atoms with Crippen LogP contribution in [0.15, 0.2) is 18.2 Å². The zero-order valence-electron chi connectivity index (χ0n) is 12.7. The molecule has 0 spiro atoms. The summed E-state index contributed by atoms with van der Waals surface area (Å²) >= 11 is 6.17. The largest absolute Gasteiger partial charge is 0.496 e. The quantitative estimate of drug-likeness (QED) is 0.857. The molecule has 1 aliphatic rings. The van der Waals surface area contributed by atoms with Crippen molar-refractivity contribution in [3.63, 3.8) is 0 Å². The molecule has 0 bridgehead atoms. The van der Waals surface area contributed by atoms with Crippen molar-refractivity contribution in [2.75, 3.05) is 13.7 Å². The summed E-state index contributed by atoms with van der Waals surface area (Å²) in [5.41, 5.74) is 1.44. The van der Waals surface area contributed by atoms with Crippen molar-refractivity contribution < 1.29 is 4.74 Å². The maximum Gasteiger partial charge on any atom is 0.122 e. The van der Waals surface area contributed by atoms with Crippen LogP contribution in [0.2, 0.25) is 5.02 Å². The molecule has 1 atom stereocenters. The molecule has 112 valence electrons. The van der Waals surface area contributed by atoms with Crippen LogP contribution in [0.25, 0.3) is 0 Å². The molecule has 0 saturated carbocycles. The van der Waals surface area contributed by atoms with Crippen LogP contribution in [-0.4, -0.2) is 19.2 Å². The zero-order valence-corrected chi connectivity index (χ0v) is 13.4. The zero-order chi connectivity index (χ0) is 14.4. The molecule has 0 aromatic heterocycles. The summed E-state index contributed by atoms with van der Waals surface area (Å²) in [6, 6.07) is 5.94. The fourth-order valence-electron chi connectivity index (χ4n) is 3.39. The van der Waals surface area contributed by atoms with Gasteiger partial charge in [0.1, 0.15) is 5.75 Å². The monoisotopic (exact) mass is 295 g/mol. The topological polar surface area (TPSA) is 21.3 Å². The van der Waals surface area contributed by atoms with E-state index in [2.05, 4.69) is 18.3 Å². The van der Waals surface area contributed by atoms with Gasteiger partial charge in [-0.05, 0) is 56.0 Å². The van der Waals surface area contributed by atoms with Crippen molar-refractivity contribution in [1.29, 1.82) is 0 Å². The standard InChI is InChI=1S/C17H26ClNO/c1-3-9-17(10-5-4-6-11-19-17)13-14-12-15(18)7-8-16(14)20-2/h7-8,12,19H,3-6,9-11,13H2,1-2H3. The van der Waals surface area contributed by atoms with E-state index < -0.39 is 0 Å². The molecule has 0 aliphatic carbocycles. The number of methoxy groups -OCH3 is 1. The molecule has 0 radical (unpaired) electrons. The Morgan fingerprint density at radius 2 is 2.15 bits per heavy atom. The Bertz CT molecular complexity index is 425. The van der Waals surface area contributed by atoms with Gasteiger partial charge < -0.3 is 10.1 Å². The maximum atomic E-state index is 6.17. The van der Waals surface area contributed by atoms with Gasteiger partial charge in [-0.2, -0.15) is 0 Å². The average Bonchev–Trinajstić information content (AvgIpc) is 2.65. The second kappa shape index (κ2) is 7.33. The molecule has 1 aromatic rings. The van der Waals surface area contributed by atoms with Crippen molar-refractivity contribution in [2.24, 2.45) is 0 Å². The van der Waals surface area contributed by atoms with Gasteiger partial charge in [0.15, 0.2) is 0 Å². The van der Waals surface area contributed by atoms with Crippen LogP contribution in [0, 0.1) is 0 Å². The Balaban J connectivity index is 2.24. The van der Waals surface area contributed by atoms with Gasteiger partial charge in [0.2, 0.25) is 0 Å². The molecule has 0 amide bonds. The predicted octanol–water partition coefficient (Wildman–Crippen LogP) is 4.59. The van der Waals surface area contributed by atoms with Crippen molar-refractivity contribution >= 4 is 11.6 Å². The first-order valence-corrected chi connectivity index (χ1v) is 8.14. The molecule has 20 heavy (non-hydrogen) atoms.